The second-order valence-corrected chi connectivity index (χ2v) is 14.8. The Hall–Kier alpha value is -7.36. The molecule has 3 heteroatoms. The predicted molar refractivity (Wildman–Crippen MR) is 230 cm³/mol. The molecule has 3 aromatic heterocycles. The van der Waals surface area contributed by atoms with Gasteiger partial charge < -0.3 is 13.6 Å². The molecular formula is C52H30N2O. The van der Waals surface area contributed by atoms with Crippen LogP contribution in [0.5, 0.6) is 0 Å². The molecule has 0 unspecified atom stereocenters. The zero-order chi connectivity index (χ0) is 35.8. The van der Waals surface area contributed by atoms with Crippen LogP contribution in [0.15, 0.2) is 186 Å². The monoisotopic (exact) mass is 698 g/mol. The molecule has 0 fully saturated rings. The molecule has 0 bridgehead atoms. The van der Waals surface area contributed by atoms with Crippen LogP contribution in [0.3, 0.4) is 0 Å². The van der Waals surface area contributed by atoms with Gasteiger partial charge in [-0.2, -0.15) is 0 Å². The topological polar surface area (TPSA) is 23.0 Å². The maximum absolute atomic E-state index is 6.84. The number of para-hydroxylation sites is 2. The quantitative estimate of drug-likeness (QED) is 0.180. The second-order valence-electron chi connectivity index (χ2n) is 14.8. The van der Waals surface area contributed by atoms with Gasteiger partial charge in [0.25, 0.3) is 0 Å². The SMILES string of the molecule is c1ccc(-c2cccc(-n3c4c(ccc5c6ccccc6oc54)c4ccc5c6ccccc6n(-c6ccc7c(c6)-c6cccc8cccc-7c68)c5c43)c2)cc1. The van der Waals surface area contributed by atoms with Gasteiger partial charge in [-0.25, -0.2) is 0 Å². The van der Waals surface area contributed by atoms with Crippen molar-refractivity contribution < 1.29 is 4.42 Å². The fourth-order valence-electron chi connectivity index (χ4n) is 9.71. The minimum absolute atomic E-state index is 0.897. The summed E-state index contributed by atoms with van der Waals surface area (Å²) < 4.78 is 11.8. The standard InChI is InChI=1S/C52H30N2O/c1-2-11-31(12-3-1)33-15-8-16-34(29-33)54-50-42(43-27-28-44-38-18-5-7-22-47(38)55-52(44)51(43)54)26-25-41-37-17-4-6-21-46(37)53(49(41)50)35-23-24-36-39-19-9-13-32-14-10-20-40(48(32)39)45(36)30-35/h1-30H. The van der Waals surface area contributed by atoms with Gasteiger partial charge in [0.1, 0.15) is 5.58 Å². The summed E-state index contributed by atoms with van der Waals surface area (Å²) in [6.45, 7) is 0. The predicted octanol–water partition coefficient (Wildman–Crippen LogP) is 14.2. The minimum atomic E-state index is 0.897. The first-order valence-corrected chi connectivity index (χ1v) is 18.9. The van der Waals surface area contributed by atoms with Crippen LogP contribution >= 0.6 is 0 Å². The molecule has 3 nitrogen and oxygen atoms in total. The second kappa shape index (κ2) is 10.6. The third kappa shape index (κ3) is 3.84. The van der Waals surface area contributed by atoms with Crippen molar-refractivity contribution in [2.75, 3.05) is 0 Å². The lowest BCUT2D eigenvalue weighted by atomic mass is 10.0. The molecule has 12 aromatic rings. The van der Waals surface area contributed by atoms with E-state index in [0.29, 0.717) is 0 Å². The number of hydrogen-bond acceptors (Lipinski definition) is 1. The van der Waals surface area contributed by atoms with E-state index in [-0.39, 0.29) is 0 Å². The maximum atomic E-state index is 6.84. The van der Waals surface area contributed by atoms with Gasteiger partial charge in [-0.1, -0.05) is 140 Å². The Kier molecular flexibility index (Phi) is 5.63. The Bertz CT molecular complexity index is 3590. The van der Waals surface area contributed by atoms with Crippen molar-refractivity contribution in [1.82, 2.24) is 9.13 Å². The molecule has 0 saturated heterocycles. The van der Waals surface area contributed by atoms with E-state index in [1.807, 2.05) is 0 Å². The highest BCUT2D eigenvalue weighted by Crippen LogP contribution is 2.49. The molecule has 0 radical (unpaired) electrons. The summed E-state index contributed by atoms with van der Waals surface area (Å²) in [5.41, 5.74) is 16.2. The molecule has 0 atom stereocenters. The van der Waals surface area contributed by atoms with Gasteiger partial charge in [-0.15, -0.1) is 0 Å². The first kappa shape index (κ1) is 29.1. The zero-order valence-electron chi connectivity index (χ0n) is 29.6. The van der Waals surface area contributed by atoms with Crippen LogP contribution in [0.2, 0.25) is 0 Å². The molecule has 13 rings (SSSR count). The van der Waals surface area contributed by atoms with Gasteiger partial charge in [0.05, 0.1) is 22.1 Å². The van der Waals surface area contributed by atoms with Crippen LogP contribution in [-0.2, 0) is 0 Å². The van der Waals surface area contributed by atoms with Crippen LogP contribution in [0.1, 0.15) is 0 Å². The number of furan rings is 1. The molecule has 55 heavy (non-hydrogen) atoms. The highest BCUT2D eigenvalue weighted by Gasteiger charge is 2.26. The molecule has 0 N–H and O–H groups in total. The summed E-state index contributed by atoms with van der Waals surface area (Å²) in [4.78, 5) is 0. The molecule has 254 valence electrons. The Morgan fingerprint density at radius 2 is 0.982 bits per heavy atom. The van der Waals surface area contributed by atoms with Gasteiger partial charge in [-0.05, 0) is 86.6 Å². The number of benzene rings is 9. The van der Waals surface area contributed by atoms with Gasteiger partial charge in [0.2, 0.25) is 0 Å². The first-order valence-electron chi connectivity index (χ1n) is 18.9. The Labute approximate surface area is 315 Å². The smallest absolute Gasteiger partial charge is 0.160 e. The van der Waals surface area contributed by atoms with Gasteiger partial charge in [0, 0.05) is 43.7 Å². The van der Waals surface area contributed by atoms with Crippen LogP contribution in [0, 0.1) is 0 Å². The van der Waals surface area contributed by atoms with Crippen LogP contribution < -0.4 is 0 Å². The molecule has 0 amide bonds. The van der Waals surface area contributed by atoms with Crippen molar-refractivity contribution in [1.29, 1.82) is 0 Å². The normalized spacial score (nSPS) is 12.4. The average Bonchev–Trinajstić information content (AvgIpc) is 3.99. The van der Waals surface area contributed by atoms with Crippen LogP contribution in [0.25, 0.3) is 121 Å². The fourth-order valence-corrected chi connectivity index (χ4v) is 9.71. The van der Waals surface area contributed by atoms with Crippen molar-refractivity contribution in [3.8, 4) is 44.8 Å². The van der Waals surface area contributed by atoms with E-state index in [4.69, 9.17) is 4.42 Å². The van der Waals surface area contributed by atoms with Gasteiger partial charge in [-0.3, -0.25) is 0 Å². The Morgan fingerprint density at radius 1 is 0.345 bits per heavy atom. The largest absolute Gasteiger partial charge is 0.454 e. The molecule has 9 aromatic carbocycles. The van der Waals surface area contributed by atoms with E-state index in [9.17, 15) is 0 Å². The van der Waals surface area contributed by atoms with Crippen molar-refractivity contribution >= 4 is 76.3 Å². The molecule has 1 aliphatic carbocycles. The molecule has 1 aliphatic rings. The molecule has 0 aliphatic heterocycles. The Morgan fingerprint density at radius 3 is 1.84 bits per heavy atom. The number of hydrogen-bond donors (Lipinski definition) is 0. The molecular weight excluding hydrogens is 669 g/mol. The van der Waals surface area contributed by atoms with Crippen molar-refractivity contribution in [3.05, 3.63) is 182 Å². The van der Waals surface area contributed by atoms with E-state index in [2.05, 4.69) is 191 Å². The minimum Gasteiger partial charge on any atom is -0.454 e. The van der Waals surface area contributed by atoms with Crippen LogP contribution in [0.4, 0.5) is 0 Å². The summed E-state index contributed by atoms with van der Waals surface area (Å²) in [5.74, 6) is 0. The number of aromatic nitrogens is 2. The number of fused-ring (bicyclic) bond motifs is 14. The zero-order valence-corrected chi connectivity index (χ0v) is 29.6. The van der Waals surface area contributed by atoms with E-state index in [1.54, 1.807) is 0 Å². The third-order valence-corrected chi connectivity index (χ3v) is 12.0. The molecule has 3 heterocycles. The lowest BCUT2D eigenvalue weighted by molar-refractivity contribution is 0.671. The van der Waals surface area contributed by atoms with E-state index in [1.165, 1.54) is 76.7 Å². The van der Waals surface area contributed by atoms with Crippen LogP contribution in [-0.4, -0.2) is 9.13 Å². The van der Waals surface area contributed by atoms with E-state index in [0.717, 1.165) is 44.3 Å². The highest BCUT2D eigenvalue weighted by molar-refractivity contribution is 6.28. The summed E-state index contributed by atoms with van der Waals surface area (Å²) in [6, 6.07) is 66.5. The molecule has 0 spiro atoms. The van der Waals surface area contributed by atoms with E-state index >= 15 is 0 Å². The van der Waals surface area contributed by atoms with Crippen molar-refractivity contribution in [2.45, 2.75) is 0 Å². The molecule has 0 saturated carbocycles. The van der Waals surface area contributed by atoms with Gasteiger partial charge >= 0.3 is 0 Å². The number of rotatable bonds is 3. The Balaban J connectivity index is 1.20. The van der Waals surface area contributed by atoms with Gasteiger partial charge in [0.15, 0.2) is 5.58 Å². The number of nitrogens with zero attached hydrogens (tertiary/aromatic N) is 2. The lowest BCUT2D eigenvalue weighted by Gasteiger charge is -2.14. The van der Waals surface area contributed by atoms with Crippen molar-refractivity contribution in [3.63, 3.8) is 0 Å². The summed E-state index contributed by atoms with van der Waals surface area (Å²) in [5, 5.41) is 9.68. The van der Waals surface area contributed by atoms with Crippen molar-refractivity contribution in [2.24, 2.45) is 0 Å². The summed E-state index contributed by atoms with van der Waals surface area (Å²) >= 11 is 0. The first-order chi connectivity index (χ1) is 27.3. The summed E-state index contributed by atoms with van der Waals surface area (Å²) in [7, 11) is 0. The average molecular weight is 699 g/mol. The lowest BCUT2D eigenvalue weighted by Crippen LogP contribution is -1.99. The van der Waals surface area contributed by atoms with E-state index < -0.39 is 0 Å². The third-order valence-electron chi connectivity index (χ3n) is 12.0. The highest BCUT2D eigenvalue weighted by atomic mass is 16.3. The fraction of sp³-hybridized carbons (Fsp3) is 0. The maximum Gasteiger partial charge on any atom is 0.160 e. The summed E-state index contributed by atoms with van der Waals surface area (Å²) in [6.07, 6.45) is 0.